The lowest BCUT2D eigenvalue weighted by Gasteiger charge is -2.23. The van der Waals surface area contributed by atoms with Crippen LogP contribution >= 0.6 is 23.4 Å². The molecule has 5 nitrogen and oxygen atoms in total. The number of nitrogens with zero attached hydrogens (tertiary/aromatic N) is 1. The predicted molar refractivity (Wildman–Crippen MR) is 102 cm³/mol. The first kappa shape index (κ1) is 18.8. The van der Waals surface area contributed by atoms with Gasteiger partial charge in [-0.15, -0.1) is 0 Å². The van der Waals surface area contributed by atoms with Crippen LogP contribution in [0.15, 0.2) is 52.3 Å². The van der Waals surface area contributed by atoms with E-state index in [-0.39, 0.29) is 12.3 Å². The largest absolute Gasteiger partial charge is 0.307 e. The minimum Gasteiger partial charge on any atom is -0.307 e. The molecule has 1 aliphatic rings. The second-order valence-corrected chi connectivity index (χ2v) is 7.53. The van der Waals surface area contributed by atoms with Crippen LogP contribution in [-0.4, -0.2) is 23.6 Å². The van der Waals surface area contributed by atoms with E-state index in [9.17, 15) is 9.59 Å². The molecule has 1 heterocycles. The van der Waals surface area contributed by atoms with E-state index in [1.54, 1.807) is 22.1 Å². The van der Waals surface area contributed by atoms with Crippen LogP contribution < -0.4 is 10.4 Å². The summed E-state index contributed by atoms with van der Waals surface area (Å²) in [5.41, 5.74) is 3.13. The third-order valence-electron chi connectivity index (χ3n) is 4.20. The topological polar surface area (TPSA) is 69.6 Å². The van der Waals surface area contributed by atoms with E-state index in [0.717, 1.165) is 28.3 Å². The van der Waals surface area contributed by atoms with Crippen molar-refractivity contribution in [1.82, 2.24) is 5.48 Å². The van der Waals surface area contributed by atoms with Gasteiger partial charge in [0, 0.05) is 27.8 Å². The second-order valence-electron chi connectivity index (χ2n) is 6.01. The van der Waals surface area contributed by atoms with Crippen molar-refractivity contribution in [2.24, 2.45) is 0 Å². The number of hydrogen-bond acceptors (Lipinski definition) is 4. The molecule has 26 heavy (non-hydrogen) atoms. The van der Waals surface area contributed by atoms with E-state index in [1.807, 2.05) is 42.5 Å². The maximum atomic E-state index is 13.1. The Labute approximate surface area is 161 Å². The van der Waals surface area contributed by atoms with Crippen LogP contribution in [-0.2, 0) is 4.79 Å². The van der Waals surface area contributed by atoms with Crippen molar-refractivity contribution in [2.45, 2.75) is 35.5 Å². The molecule has 0 saturated heterocycles. The van der Waals surface area contributed by atoms with Gasteiger partial charge >= 0.3 is 0 Å². The number of carbonyl (C=O) groups is 2. The van der Waals surface area contributed by atoms with Gasteiger partial charge in [-0.1, -0.05) is 41.9 Å². The predicted octanol–water partition coefficient (Wildman–Crippen LogP) is 4.52. The van der Waals surface area contributed by atoms with Crippen LogP contribution in [0.2, 0.25) is 5.02 Å². The summed E-state index contributed by atoms with van der Waals surface area (Å²) < 4.78 is 0. The zero-order chi connectivity index (χ0) is 18.5. The Morgan fingerprint density at radius 3 is 2.73 bits per heavy atom. The van der Waals surface area contributed by atoms with Gasteiger partial charge < -0.3 is 4.90 Å². The SMILES string of the molecule is O=C(CCCCCN1C(=O)c2ccccc2Sc2ccc(Cl)cc21)NO. The van der Waals surface area contributed by atoms with Crippen LogP contribution in [0.1, 0.15) is 36.0 Å². The number of hydroxylamine groups is 1. The van der Waals surface area contributed by atoms with E-state index < -0.39 is 5.91 Å². The maximum absolute atomic E-state index is 13.1. The van der Waals surface area contributed by atoms with E-state index >= 15 is 0 Å². The molecule has 7 heteroatoms. The highest BCUT2D eigenvalue weighted by Crippen LogP contribution is 2.42. The minimum atomic E-state index is -0.390. The molecule has 0 radical (unpaired) electrons. The maximum Gasteiger partial charge on any atom is 0.259 e. The van der Waals surface area contributed by atoms with Gasteiger partial charge in [0.15, 0.2) is 0 Å². The third kappa shape index (κ3) is 4.20. The first-order chi connectivity index (χ1) is 12.6. The molecule has 0 unspecified atom stereocenters. The first-order valence-corrected chi connectivity index (χ1v) is 9.61. The number of anilines is 1. The molecule has 0 aromatic heterocycles. The molecule has 0 atom stereocenters. The summed E-state index contributed by atoms with van der Waals surface area (Å²) in [5.74, 6) is -0.430. The van der Waals surface area contributed by atoms with Gasteiger partial charge in [0.25, 0.3) is 5.91 Å². The van der Waals surface area contributed by atoms with Crippen molar-refractivity contribution < 1.29 is 14.8 Å². The summed E-state index contributed by atoms with van der Waals surface area (Å²) in [7, 11) is 0. The lowest BCUT2D eigenvalue weighted by molar-refractivity contribution is -0.129. The summed E-state index contributed by atoms with van der Waals surface area (Å²) >= 11 is 7.74. The molecule has 0 saturated carbocycles. The highest BCUT2D eigenvalue weighted by atomic mass is 35.5. The van der Waals surface area contributed by atoms with Crippen molar-refractivity contribution in [2.75, 3.05) is 11.4 Å². The molecular weight excluding hydrogens is 372 g/mol. The lowest BCUT2D eigenvalue weighted by atomic mass is 10.1. The number of hydrogen-bond donors (Lipinski definition) is 2. The van der Waals surface area contributed by atoms with Gasteiger partial charge in [0.1, 0.15) is 0 Å². The molecule has 2 N–H and O–H groups in total. The molecule has 136 valence electrons. The number of halogens is 1. The van der Waals surface area contributed by atoms with Crippen molar-refractivity contribution in [3.63, 3.8) is 0 Å². The van der Waals surface area contributed by atoms with Gasteiger partial charge in [-0.25, -0.2) is 5.48 Å². The molecule has 0 spiro atoms. The van der Waals surface area contributed by atoms with Crippen LogP contribution in [0.5, 0.6) is 0 Å². The zero-order valence-corrected chi connectivity index (χ0v) is 15.6. The zero-order valence-electron chi connectivity index (χ0n) is 14.1. The highest BCUT2D eigenvalue weighted by Gasteiger charge is 2.26. The van der Waals surface area contributed by atoms with Gasteiger partial charge in [-0.05, 0) is 43.2 Å². The smallest absolute Gasteiger partial charge is 0.259 e. The number of amides is 2. The average Bonchev–Trinajstić information content (AvgIpc) is 2.76. The standard InChI is InChI=1S/C19H19ClN2O3S/c20-13-9-10-17-15(12-13)22(11-5-1-2-8-18(23)21-25)19(24)14-6-3-4-7-16(14)26-17/h3-4,6-7,9-10,12,25H,1-2,5,8,11H2,(H,21,23). The van der Waals surface area contributed by atoms with E-state index in [1.165, 1.54) is 0 Å². The minimum absolute atomic E-state index is 0.0396. The van der Waals surface area contributed by atoms with Crippen molar-refractivity contribution in [3.05, 3.63) is 53.1 Å². The quantitative estimate of drug-likeness (QED) is 0.432. The van der Waals surface area contributed by atoms with Crippen LogP contribution in [0.25, 0.3) is 0 Å². The van der Waals surface area contributed by atoms with Crippen molar-refractivity contribution in [1.29, 1.82) is 0 Å². The van der Waals surface area contributed by atoms with Gasteiger partial charge in [0.2, 0.25) is 5.91 Å². The summed E-state index contributed by atoms with van der Waals surface area (Å²) in [4.78, 5) is 27.9. The number of unbranched alkanes of at least 4 members (excludes halogenated alkanes) is 2. The number of nitrogens with one attached hydrogen (secondary N) is 1. The van der Waals surface area contributed by atoms with Gasteiger partial charge in [-0.2, -0.15) is 0 Å². The molecular formula is C19H19ClN2O3S. The lowest BCUT2D eigenvalue weighted by Crippen LogP contribution is -2.31. The molecule has 2 aromatic rings. The summed E-state index contributed by atoms with van der Waals surface area (Å²) in [6, 6.07) is 13.2. The fourth-order valence-corrected chi connectivity index (χ4v) is 4.13. The number of rotatable bonds is 6. The third-order valence-corrected chi connectivity index (χ3v) is 5.58. The Bertz CT molecular complexity index is 828. The molecule has 1 aliphatic heterocycles. The van der Waals surface area contributed by atoms with E-state index in [4.69, 9.17) is 16.8 Å². The fraction of sp³-hybridized carbons (Fsp3) is 0.263. The normalized spacial score (nSPS) is 13.0. The molecule has 0 fully saturated rings. The summed E-state index contributed by atoms with van der Waals surface area (Å²) in [6.45, 7) is 0.543. The Kier molecular flexibility index (Phi) is 6.19. The molecule has 2 aromatic carbocycles. The van der Waals surface area contributed by atoms with Crippen molar-refractivity contribution >= 4 is 40.9 Å². The summed E-state index contributed by atoms with van der Waals surface area (Å²) in [5, 5.41) is 9.11. The number of fused-ring (bicyclic) bond motifs is 2. The number of carbonyl (C=O) groups excluding carboxylic acids is 2. The average molecular weight is 391 g/mol. The number of benzene rings is 2. The fourth-order valence-electron chi connectivity index (χ4n) is 2.90. The van der Waals surface area contributed by atoms with Gasteiger partial charge in [0.05, 0.1) is 11.3 Å². The van der Waals surface area contributed by atoms with E-state index in [2.05, 4.69) is 0 Å². The Morgan fingerprint density at radius 1 is 1.12 bits per heavy atom. The highest BCUT2D eigenvalue weighted by molar-refractivity contribution is 7.99. The Hall–Kier alpha value is -2.02. The van der Waals surface area contributed by atoms with Crippen LogP contribution in [0.4, 0.5) is 5.69 Å². The molecule has 3 rings (SSSR count). The monoisotopic (exact) mass is 390 g/mol. The first-order valence-electron chi connectivity index (χ1n) is 8.41. The van der Waals surface area contributed by atoms with Crippen molar-refractivity contribution in [3.8, 4) is 0 Å². The van der Waals surface area contributed by atoms with Gasteiger partial charge in [-0.3, -0.25) is 14.8 Å². The van der Waals surface area contributed by atoms with E-state index in [0.29, 0.717) is 23.6 Å². The molecule has 2 amide bonds. The van der Waals surface area contributed by atoms with Crippen LogP contribution in [0.3, 0.4) is 0 Å². The molecule has 0 bridgehead atoms. The van der Waals surface area contributed by atoms with Crippen LogP contribution in [0, 0.1) is 0 Å². The second kappa shape index (κ2) is 8.58. The molecule has 0 aliphatic carbocycles. The Morgan fingerprint density at radius 2 is 1.92 bits per heavy atom. The Balaban J connectivity index is 1.79. The summed E-state index contributed by atoms with van der Waals surface area (Å²) in [6.07, 6.45) is 2.46.